The number of hydrogen-bond acceptors (Lipinski definition) is 3. The molecule has 0 saturated heterocycles. The zero-order valence-electron chi connectivity index (χ0n) is 10.3. The molecular formula is C13H19FO3. The fraction of sp³-hybridized carbons (Fsp3) is 0.538. The molecule has 3 nitrogen and oxygen atoms in total. The quantitative estimate of drug-likeness (QED) is 0.746. The van der Waals surface area contributed by atoms with Gasteiger partial charge in [0.1, 0.15) is 6.61 Å². The van der Waals surface area contributed by atoms with Gasteiger partial charge in [0.2, 0.25) is 0 Å². The molecule has 0 aromatic heterocycles. The molecule has 1 aromatic rings. The van der Waals surface area contributed by atoms with Gasteiger partial charge in [-0.2, -0.15) is 0 Å². The molecule has 0 fully saturated rings. The molecule has 0 heterocycles. The van der Waals surface area contributed by atoms with Crippen LogP contribution in [0.2, 0.25) is 0 Å². The van der Waals surface area contributed by atoms with Crippen molar-refractivity contribution in [3.63, 3.8) is 0 Å². The van der Waals surface area contributed by atoms with Crippen LogP contribution in [0.5, 0.6) is 5.75 Å². The first kappa shape index (κ1) is 13.9. The number of benzene rings is 1. The van der Waals surface area contributed by atoms with Gasteiger partial charge in [0.05, 0.1) is 13.2 Å². The molecule has 1 aromatic carbocycles. The monoisotopic (exact) mass is 242 g/mol. The maximum atomic E-state index is 13.4. The molecule has 0 aliphatic rings. The molecule has 0 spiro atoms. The van der Waals surface area contributed by atoms with Crippen LogP contribution in [-0.4, -0.2) is 24.9 Å². The van der Waals surface area contributed by atoms with Crippen LogP contribution in [0.15, 0.2) is 18.2 Å². The molecule has 0 unspecified atom stereocenters. The minimum Gasteiger partial charge on any atom is -0.488 e. The van der Waals surface area contributed by atoms with Crippen LogP contribution >= 0.6 is 0 Å². The second kappa shape index (κ2) is 7.25. The summed E-state index contributed by atoms with van der Waals surface area (Å²) in [4.78, 5) is 0. The first-order chi connectivity index (χ1) is 8.15. The van der Waals surface area contributed by atoms with Crippen molar-refractivity contribution in [2.24, 2.45) is 5.92 Å². The molecule has 17 heavy (non-hydrogen) atoms. The lowest BCUT2D eigenvalue weighted by molar-refractivity contribution is 0.0800. The fourth-order valence-corrected chi connectivity index (χ4v) is 1.36. The van der Waals surface area contributed by atoms with Gasteiger partial charge in [-0.3, -0.25) is 0 Å². The Morgan fingerprint density at radius 3 is 2.71 bits per heavy atom. The van der Waals surface area contributed by atoms with E-state index in [1.165, 1.54) is 6.07 Å². The Hall–Kier alpha value is -1.13. The second-order valence-electron chi connectivity index (χ2n) is 4.20. The number of halogens is 1. The smallest absolute Gasteiger partial charge is 0.165 e. The van der Waals surface area contributed by atoms with E-state index < -0.39 is 5.82 Å². The van der Waals surface area contributed by atoms with Gasteiger partial charge in [-0.15, -0.1) is 0 Å². The minimum absolute atomic E-state index is 0.114. The van der Waals surface area contributed by atoms with Crippen molar-refractivity contribution < 1.29 is 19.0 Å². The molecular weight excluding hydrogens is 223 g/mol. The predicted molar refractivity (Wildman–Crippen MR) is 63.5 cm³/mol. The van der Waals surface area contributed by atoms with Gasteiger partial charge >= 0.3 is 0 Å². The molecule has 96 valence electrons. The van der Waals surface area contributed by atoms with Gasteiger partial charge in [-0.25, -0.2) is 4.39 Å². The summed E-state index contributed by atoms with van der Waals surface area (Å²) in [7, 11) is 0. The summed E-state index contributed by atoms with van der Waals surface area (Å²) in [5, 5.41) is 9.04. The molecule has 1 rings (SSSR count). The van der Waals surface area contributed by atoms with E-state index in [2.05, 4.69) is 13.8 Å². The highest BCUT2D eigenvalue weighted by atomic mass is 19.1. The summed E-state index contributed by atoms with van der Waals surface area (Å²) < 4.78 is 24.0. The zero-order valence-corrected chi connectivity index (χ0v) is 10.3. The summed E-state index contributed by atoms with van der Waals surface area (Å²) in [6.07, 6.45) is 0. The third kappa shape index (κ3) is 4.71. The van der Waals surface area contributed by atoms with E-state index in [9.17, 15) is 4.39 Å². The normalized spacial score (nSPS) is 10.9. The van der Waals surface area contributed by atoms with Crippen molar-refractivity contribution in [1.29, 1.82) is 0 Å². The second-order valence-corrected chi connectivity index (χ2v) is 4.20. The van der Waals surface area contributed by atoms with Crippen LogP contribution in [-0.2, 0) is 11.3 Å². The van der Waals surface area contributed by atoms with Crippen LogP contribution in [0.1, 0.15) is 19.4 Å². The highest BCUT2D eigenvalue weighted by Crippen LogP contribution is 2.22. The van der Waals surface area contributed by atoms with E-state index in [0.717, 1.165) is 0 Å². The first-order valence-corrected chi connectivity index (χ1v) is 5.74. The third-order valence-corrected chi connectivity index (χ3v) is 2.14. The van der Waals surface area contributed by atoms with E-state index in [1.807, 2.05) is 0 Å². The summed E-state index contributed by atoms with van der Waals surface area (Å²) >= 11 is 0. The Labute approximate surface area is 101 Å². The summed E-state index contributed by atoms with van der Waals surface area (Å²) in [5.74, 6) is 0.125. The van der Waals surface area contributed by atoms with Crippen LogP contribution in [0.25, 0.3) is 0 Å². The van der Waals surface area contributed by atoms with Crippen molar-refractivity contribution in [1.82, 2.24) is 0 Å². The maximum Gasteiger partial charge on any atom is 0.165 e. The largest absolute Gasteiger partial charge is 0.488 e. The summed E-state index contributed by atoms with van der Waals surface area (Å²) in [5.41, 5.74) is 0.453. The molecule has 1 N–H and O–H groups in total. The van der Waals surface area contributed by atoms with Crippen LogP contribution < -0.4 is 4.74 Å². The molecule has 0 amide bonds. The summed E-state index contributed by atoms with van der Waals surface area (Å²) in [6.45, 7) is 5.23. The van der Waals surface area contributed by atoms with Gasteiger partial charge in [-0.05, 0) is 12.0 Å². The lowest BCUT2D eigenvalue weighted by atomic mass is 10.2. The van der Waals surface area contributed by atoms with Crippen molar-refractivity contribution in [2.75, 3.05) is 19.8 Å². The molecule has 4 heteroatoms. The first-order valence-electron chi connectivity index (χ1n) is 5.74. The average molecular weight is 242 g/mol. The molecule has 0 bridgehead atoms. The Morgan fingerprint density at radius 2 is 2.06 bits per heavy atom. The van der Waals surface area contributed by atoms with Gasteiger partial charge < -0.3 is 14.6 Å². The van der Waals surface area contributed by atoms with E-state index in [0.29, 0.717) is 24.7 Å². The van der Waals surface area contributed by atoms with E-state index in [-0.39, 0.29) is 19.0 Å². The number of rotatable bonds is 7. The lowest BCUT2D eigenvalue weighted by Gasteiger charge is -2.11. The number of para-hydroxylation sites is 1. The summed E-state index contributed by atoms with van der Waals surface area (Å²) in [6, 6.07) is 4.49. The molecule has 0 aliphatic carbocycles. The fourth-order valence-electron chi connectivity index (χ4n) is 1.36. The van der Waals surface area contributed by atoms with Gasteiger partial charge in [0, 0.05) is 12.2 Å². The van der Waals surface area contributed by atoms with Crippen LogP contribution in [0.3, 0.4) is 0 Å². The minimum atomic E-state index is -0.458. The van der Waals surface area contributed by atoms with Gasteiger partial charge in [0.25, 0.3) is 0 Å². The number of aliphatic hydroxyl groups excluding tert-OH is 1. The number of ether oxygens (including phenoxy) is 2. The molecule has 0 aliphatic heterocycles. The Kier molecular flexibility index (Phi) is 5.94. The number of hydrogen-bond donors (Lipinski definition) is 1. The van der Waals surface area contributed by atoms with Crippen molar-refractivity contribution in [3.05, 3.63) is 29.6 Å². The maximum absolute atomic E-state index is 13.4. The average Bonchev–Trinajstić information content (AvgIpc) is 2.30. The Morgan fingerprint density at radius 1 is 1.29 bits per heavy atom. The van der Waals surface area contributed by atoms with Gasteiger partial charge in [-0.1, -0.05) is 26.0 Å². The zero-order chi connectivity index (χ0) is 12.7. The van der Waals surface area contributed by atoms with Crippen LogP contribution in [0.4, 0.5) is 4.39 Å². The Balaban J connectivity index is 2.40. The van der Waals surface area contributed by atoms with Crippen LogP contribution in [0, 0.1) is 11.7 Å². The highest BCUT2D eigenvalue weighted by Gasteiger charge is 2.08. The van der Waals surface area contributed by atoms with Crippen molar-refractivity contribution >= 4 is 0 Å². The van der Waals surface area contributed by atoms with E-state index >= 15 is 0 Å². The van der Waals surface area contributed by atoms with E-state index in [4.69, 9.17) is 14.6 Å². The third-order valence-electron chi connectivity index (χ3n) is 2.14. The molecule has 0 saturated carbocycles. The molecule has 0 atom stereocenters. The van der Waals surface area contributed by atoms with Crippen molar-refractivity contribution in [2.45, 2.75) is 20.5 Å². The highest BCUT2D eigenvalue weighted by molar-refractivity contribution is 5.34. The SMILES string of the molecule is CC(C)COCCOc1c(F)cccc1CO. The predicted octanol–water partition coefficient (Wildman–Crippen LogP) is 2.37. The lowest BCUT2D eigenvalue weighted by Crippen LogP contribution is -2.11. The molecule has 0 radical (unpaired) electrons. The number of aliphatic hydroxyl groups is 1. The topological polar surface area (TPSA) is 38.7 Å². The van der Waals surface area contributed by atoms with E-state index in [1.54, 1.807) is 12.1 Å². The van der Waals surface area contributed by atoms with Crippen molar-refractivity contribution in [3.8, 4) is 5.75 Å². The Bertz CT molecular complexity index is 339. The standard InChI is InChI=1S/C13H19FO3/c1-10(2)9-16-6-7-17-13-11(8-15)4-3-5-12(13)14/h3-5,10,15H,6-9H2,1-2H3. The van der Waals surface area contributed by atoms with Gasteiger partial charge in [0.15, 0.2) is 11.6 Å².